The Morgan fingerprint density at radius 2 is 1.93 bits per heavy atom. The number of morpholine rings is 1. The van der Waals surface area contributed by atoms with Crippen molar-refractivity contribution in [2.24, 2.45) is 4.99 Å². The molecule has 1 aromatic heterocycles. The van der Waals surface area contributed by atoms with Gasteiger partial charge in [0.1, 0.15) is 6.26 Å². The second kappa shape index (κ2) is 10.2. The number of ether oxygens (including phenoxy) is 1. The Balaban J connectivity index is 1.37. The molecule has 1 saturated heterocycles. The van der Waals surface area contributed by atoms with Crippen molar-refractivity contribution >= 4 is 5.96 Å². The summed E-state index contributed by atoms with van der Waals surface area (Å²) in [4.78, 5) is 11.3. The van der Waals surface area contributed by atoms with E-state index < -0.39 is 0 Å². The van der Waals surface area contributed by atoms with Gasteiger partial charge < -0.3 is 19.8 Å². The van der Waals surface area contributed by atoms with Crippen LogP contribution in [0.15, 0.2) is 46.0 Å². The lowest BCUT2D eigenvalue weighted by molar-refractivity contribution is -0.0679. The second-order valence-corrected chi connectivity index (χ2v) is 7.23. The number of aromatic nitrogens is 1. The van der Waals surface area contributed by atoms with E-state index in [0.717, 1.165) is 49.8 Å². The summed E-state index contributed by atoms with van der Waals surface area (Å²) >= 11 is 0. The van der Waals surface area contributed by atoms with Crippen LogP contribution in [-0.4, -0.2) is 61.3 Å². The lowest BCUT2D eigenvalue weighted by Crippen LogP contribution is -2.46. The molecule has 1 fully saturated rings. The van der Waals surface area contributed by atoms with E-state index in [2.05, 4.69) is 39.4 Å². The summed E-state index contributed by atoms with van der Waals surface area (Å²) in [6, 6.07) is 9.90. The van der Waals surface area contributed by atoms with Crippen LogP contribution in [0.3, 0.4) is 0 Å². The van der Waals surface area contributed by atoms with Gasteiger partial charge in [-0.1, -0.05) is 18.2 Å². The molecule has 1 aliphatic rings. The number of rotatable bonds is 7. The summed E-state index contributed by atoms with van der Waals surface area (Å²) < 4.78 is 11.4. The number of oxazole rings is 1. The molecule has 7 heteroatoms. The number of hydrogen-bond acceptors (Lipinski definition) is 5. The van der Waals surface area contributed by atoms with Crippen LogP contribution in [0.4, 0.5) is 0 Å². The molecule has 0 aliphatic carbocycles. The van der Waals surface area contributed by atoms with Gasteiger partial charge in [-0.3, -0.25) is 9.89 Å². The highest BCUT2D eigenvalue weighted by atomic mass is 16.5. The number of aliphatic imine (C=N–C) groups is 1. The van der Waals surface area contributed by atoms with Crippen molar-refractivity contribution in [1.29, 1.82) is 0 Å². The minimum atomic E-state index is 0.314. The Hall–Kier alpha value is -2.38. The number of benzene rings is 1. The monoisotopic (exact) mass is 385 g/mol. The third kappa shape index (κ3) is 6.07. The van der Waals surface area contributed by atoms with Crippen LogP contribution in [0.5, 0.6) is 0 Å². The fourth-order valence-corrected chi connectivity index (χ4v) is 3.47. The number of hydrogen-bond donors (Lipinski definition) is 2. The molecule has 0 amide bonds. The van der Waals surface area contributed by atoms with Gasteiger partial charge in [-0.2, -0.15) is 0 Å². The minimum Gasteiger partial charge on any atom is -0.444 e. The lowest BCUT2D eigenvalue weighted by Gasteiger charge is -2.35. The van der Waals surface area contributed by atoms with Crippen LogP contribution in [-0.2, 0) is 11.3 Å². The van der Waals surface area contributed by atoms with E-state index in [0.29, 0.717) is 24.6 Å². The maximum Gasteiger partial charge on any atom is 0.226 e. The largest absolute Gasteiger partial charge is 0.444 e. The molecule has 1 aliphatic heterocycles. The first-order valence-corrected chi connectivity index (χ1v) is 9.96. The summed E-state index contributed by atoms with van der Waals surface area (Å²) in [6.07, 6.45) is 3.37. The number of nitrogens with one attached hydrogen (secondary N) is 2. The molecule has 0 spiro atoms. The molecule has 2 aromatic rings. The quantitative estimate of drug-likeness (QED) is 0.433. The molecule has 2 heterocycles. The van der Waals surface area contributed by atoms with Crippen molar-refractivity contribution in [3.8, 4) is 11.5 Å². The van der Waals surface area contributed by atoms with Crippen LogP contribution in [0.1, 0.15) is 26.0 Å². The Labute approximate surface area is 167 Å². The molecule has 152 valence electrons. The summed E-state index contributed by atoms with van der Waals surface area (Å²) in [5.74, 6) is 1.40. The van der Waals surface area contributed by atoms with Gasteiger partial charge in [-0.25, -0.2) is 4.98 Å². The first-order valence-electron chi connectivity index (χ1n) is 9.96. The minimum absolute atomic E-state index is 0.314. The highest BCUT2D eigenvalue weighted by Gasteiger charge is 2.21. The zero-order chi connectivity index (χ0) is 19.8. The normalized spacial score (nSPS) is 20.9. The first-order chi connectivity index (χ1) is 13.6. The molecule has 2 unspecified atom stereocenters. The van der Waals surface area contributed by atoms with Gasteiger partial charge in [-0.15, -0.1) is 0 Å². The van der Waals surface area contributed by atoms with Gasteiger partial charge in [0.2, 0.25) is 5.89 Å². The summed E-state index contributed by atoms with van der Waals surface area (Å²) in [5, 5.41) is 6.65. The van der Waals surface area contributed by atoms with Gasteiger partial charge in [0.15, 0.2) is 5.96 Å². The van der Waals surface area contributed by atoms with Crippen LogP contribution in [0.25, 0.3) is 11.5 Å². The van der Waals surface area contributed by atoms with Crippen molar-refractivity contribution in [2.45, 2.75) is 39.0 Å². The maximum atomic E-state index is 5.78. The van der Waals surface area contributed by atoms with E-state index in [1.165, 1.54) is 0 Å². The van der Waals surface area contributed by atoms with Crippen LogP contribution in [0.2, 0.25) is 0 Å². The second-order valence-electron chi connectivity index (χ2n) is 7.23. The van der Waals surface area contributed by atoms with Gasteiger partial charge in [0.25, 0.3) is 0 Å². The van der Waals surface area contributed by atoms with Crippen LogP contribution in [0, 0.1) is 0 Å². The Morgan fingerprint density at radius 1 is 1.18 bits per heavy atom. The number of nitrogens with zero attached hydrogens (tertiary/aromatic N) is 3. The third-order valence-corrected chi connectivity index (χ3v) is 4.67. The smallest absolute Gasteiger partial charge is 0.226 e. The van der Waals surface area contributed by atoms with Crippen molar-refractivity contribution in [1.82, 2.24) is 20.5 Å². The summed E-state index contributed by atoms with van der Waals surface area (Å²) in [5.41, 5.74) is 1.82. The van der Waals surface area contributed by atoms with E-state index in [1.54, 1.807) is 13.3 Å². The van der Waals surface area contributed by atoms with Gasteiger partial charge >= 0.3 is 0 Å². The highest BCUT2D eigenvalue weighted by Crippen LogP contribution is 2.17. The Morgan fingerprint density at radius 3 is 2.64 bits per heavy atom. The molecule has 7 nitrogen and oxygen atoms in total. The maximum absolute atomic E-state index is 5.78. The average Bonchev–Trinajstić information content (AvgIpc) is 3.16. The molecule has 0 bridgehead atoms. The fourth-order valence-electron chi connectivity index (χ4n) is 3.47. The van der Waals surface area contributed by atoms with E-state index in [4.69, 9.17) is 9.15 Å². The van der Waals surface area contributed by atoms with E-state index in [-0.39, 0.29) is 0 Å². The molecule has 1 aromatic carbocycles. The SMILES string of the molecule is CN=C(NCCCN1CC(C)OC(C)C1)NCc1coc(-c2ccccc2)n1. The van der Waals surface area contributed by atoms with Gasteiger partial charge in [0, 0.05) is 38.8 Å². The van der Waals surface area contributed by atoms with Crippen molar-refractivity contribution < 1.29 is 9.15 Å². The standard InChI is InChI=1S/C21H31N5O2/c1-16-13-26(14-17(2)28-16)11-7-10-23-21(22-3)24-12-19-15-27-20(25-19)18-8-5-4-6-9-18/h4-6,8-9,15-17H,7,10-14H2,1-3H3,(H2,22,23,24). The number of guanidine groups is 1. The van der Waals surface area contributed by atoms with E-state index in [9.17, 15) is 0 Å². The third-order valence-electron chi connectivity index (χ3n) is 4.67. The van der Waals surface area contributed by atoms with E-state index in [1.807, 2.05) is 30.3 Å². The molecule has 2 N–H and O–H groups in total. The topological polar surface area (TPSA) is 74.9 Å². The first kappa shape index (κ1) is 20.4. The molecule has 3 rings (SSSR count). The van der Waals surface area contributed by atoms with E-state index >= 15 is 0 Å². The lowest BCUT2D eigenvalue weighted by atomic mass is 10.2. The molecular weight excluding hydrogens is 354 g/mol. The highest BCUT2D eigenvalue weighted by molar-refractivity contribution is 5.79. The Bertz CT molecular complexity index is 736. The van der Waals surface area contributed by atoms with Crippen LogP contribution < -0.4 is 10.6 Å². The molecule has 2 atom stereocenters. The predicted molar refractivity (Wildman–Crippen MR) is 111 cm³/mol. The summed E-state index contributed by atoms with van der Waals surface area (Å²) in [7, 11) is 1.78. The average molecular weight is 386 g/mol. The molecule has 0 radical (unpaired) electrons. The van der Waals surface area contributed by atoms with Crippen LogP contribution >= 0.6 is 0 Å². The zero-order valence-corrected chi connectivity index (χ0v) is 17.0. The fraction of sp³-hybridized carbons (Fsp3) is 0.524. The van der Waals surface area contributed by atoms with Gasteiger partial charge in [-0.05, 0) is 32.4 Å². The molecule has 0 saturated carbocycles. The summed E-state index contributed by atoms with van der Waals surface area (Å²) in [6.45, 7) is 8.79. The zero-order valence-electron chi connectivity index (χ0n) is 17.0. The van der Waals surface area contributed by atoms with Gasteiger partial charge in [0.05, 0.1) is 24.4 Å². The predicted octanol–water partition coefficient (Wildman–Crippen LogP) is 2.51. The van der Waals surface area contributed by atoms with Crippen molar-refractivity contribution in [3.63, 3.8) is 0 Å². The van der Waals surface area contributed by atoms with Crippen molar-refractivity contribution in [3.05, 3.63) is 42.3 Å². The van der Waals surface area contributed by atoms with Crippen molar-refractivity contribution in [2.75, 3.05) is 33.2 Å². The molecule has 28 heavy (non-hydrogen) atoms. The Kier molecular flexibility index (Phi) is 7.45. The molecular formula is C21H31N5O2.